The average molecular weight is 997 g/mol. The van der Waals surface area contributed by atoms with Crippen LogP contribution in [-0.4, -0.2) is 6.71 Å². The number of rotatable bonds is 6. The zero-order valence-electron chi connectivity index (χ0n) is 43.8. The van der Waals surface area contributed by atoms with Crippen LogP contribution in [0.2, 0.25) is 0 Å². The summed E-state index contributed by atoms with van der Waals surface area (Å²) in [4.78, 5) is 4.97. The smallest absolute Gasteiger partial charge is 0.342 e. The lowest BCUT2D eigenvalue weighted by molar-refractivity contribution is 0.590. The zero-order valence-corrected chi connectivity index (χ0v) is 43.8. The predicted octanol–water partition coefficient (Wildman–Crippen LogP) is 18.0. The van der Waals surface area contributed by atoms with E-state index in [1.54, 1.807) is 0 Å². The SMILES string of the molecule is CC(C)(C)c1ccc2oc3c(c2c1)N(c1ccc(-c2coc4ccccc24)cc1-c1ccccc1)c1cccc2c1B3c1oc3ccc(C(C)(C)C)cc3c1N2c1ccc(-c2coc3ccccc23)cc1-c1ccccc1. The normalized spacial score (nSPS) is 13.2. The zero-order chi connectivity index (χ0) is 51.9. The van der Waals surface area contributed by atoms with Gasteiger partial charge in [-0.15, -0.1) is 0 Å². The molecule has 0 unspecified atom stereocenters. The summed E-state index contributed by atoms with van der Waals surface area (Å²) in [6, 6.07) is 72.1. The Balaban J connectivity index is 1.04. The van der Waals surface area contributed by atoms with Gasteiger partial charge in [-0.1, -0.05) is 169 Å². The molecule has 0 fully saturated rings. The van der Waals surface area contributed by atoms with Crippen LogP contribution in [0, 0.1) is 0 Å². The van der Waals surface area contributed by atoms with Gasteiger partial charge in [0.15, 0.2) is 0 Å². The van der Waals surface area contributed by atoms with Crippen LogP contribution in [0.25, 0.3) is 88.4 Å². The molecule has 0 radical (unpaired) electrons. The number of anilines is 6. The molecule has 0 amide bonds. The first-order chi connectivity index (χ1) is 37.5. The first kappa shape index (κ1) is 45.2. The van der Waals surface area contributed by atoms with E-state index in [0.717, 1.165) is 139 Å². The minimum absolute atomic E-state index is 0.119. The van der Waals surface area contributed by atoms with E-state index < -0.39 is 6.71 Å². The number of para-hydroxylation sites is 2. The molecule has 0 saturated heterocycles. The van der Waals surface area contributed by atoms with Crippen LogP contribution >= 0.6 is 0 Å². The van der Waals surface area contributed by atoms with E-state index in [9.17, 15) is 0 Å². The van der Waals surface area contributed by atoms with E-state index in [0.29, 0.717) is 0 Å². The maximum absolute atomic E-state index is 7.45. The molecular weight excluding hydrogens is 944 g/mol. The third-order valence-electron chi connectivity index (χ3n) is 16.1. The summed E-state index contributed by atoms with van der Waals surface area (Å²) in [6.07, 6.45) is 3.78. The molecule has 0 atom stereocenters. The summed E-state index contributed by atoms with van der Waals surface area (Å²) < 4.78 is 27.2. The van der Waals surface area contributed by atoms with Crippen molar-refractivity contribution in [2.75, 3.05) is 9.80 Å². The number of furan rings is 4. The molecule has 370 valence electrons. The monoisotopic (exact) mass is 996 g/mol. The van der Waals surface area contributed by atoms with Crippen molar-refractivity contribution in [1.82, 2.24) is 0 Å². The first-order valence-electron chi connectivity index (χ1n) is 26.7. The van der Waals surface area contributed by atoms with Crippen LogP contribution in [0.1, 0.15) is 52.7 Å². The summed E-state index contributed by atoms with van der Waals surface area (Å²) in [6.45, 7) is 13.3. The highest BCUT2D eigenvalue weighted by molar-refractivity contribution is 6.99. The summed E-state index contributed by atoms with van der Waals surface area (Å²) in [5, 5.41) is 4.26. The van der Waals surface area contributed by atoms with Gasteiger partial charge in [-0.05, 0) is 122 Å². The lowest BCUT2D eigenvalue weighted by Gasteiger charge is -2.41. The molecule has 0 saturated carbocycles. The Bertz CT molecular complexity index is 4220. The quantitative estimate of drug-likeness (QED) is 0.155. The van der Waals surface area contributed by atoms with Gasteiger partial charge in [-0.3, -0.25) is 0 Å². The largest absolute Gasteiger partial charge is 0.468 e. The van der Waals surface area contributed by atoms with Gasteiger partial charge in [0.25, 0.3) is 0 Å². The Hall–Kier alpha value is -9.20. The van der Waals surface area contributed by atoms with E-state index in [1.165, 1.54) is 11.1 Å². The van der Waals surface area contributed by atoms with Crippen LogP contribution in [0.4, 0.5) is 34.1 Å². The Morgan fingerprint density at radius 1 is 0.338 bits per heavy atom. The number of hydrogen-bond acceptors (Lipinski definition) is 6. The molecule has 6 heterocycles. The fourth-order valence-electron chi connectivity index (χ4n) is 12.2. The van der Waals surface area contributed by atoms with E-state index >= 15 is 0 Å². The maximum atomic E-state index is 7.45. The third-order valence-corrected chi connectivity index (χ3v) is 16.1. The standard InChI is InChI=1S/C70H53BN2O4/c1-69(2,3)46-30-34-62-52(38-46)65-67(76-62)71-64-58(72(65)56-32-28-44(36-50(56)42-18-9-7-10-19-42)54-40-74-60-26-15-13-22-48(54)60)24-17-25-59(64)73(66-53-39-47(70(4,5)6)31-35-63(53)77-68(66)71)57-33-29-45(37-51(57)43-20-11-8-12-21-43)55-41-75-61-27-16-14-23-49(55)61/h7-41H,1-6H3. The van der Waals surface area contributed by atoms with Gasteiger partial charge in [-0.2, -0.15) is 0 Å². The van der Waals surface area contributed by atoms with Gasteiger partial charge >= 0.3 is 6.71 Å². The number of fused-ring (bicyclic) bond motifs is 10. The van der Waals surface area contributed by atoms with Crippen molar-refractivity contribution >= 4 is 101 Å². The van der Waals surface area contributed by atoms with Crippen molar-refractivity contribution in [3.05, 3.63) is 224 Å². The summed E-state index contributed by atoms with van der Waals surface area (Å²) >= 11 is 0. The fraction of sp³-hybridized carbons (Fsp3) is 0.114. The Kier molecular flexibility index (Phi) is 9.78. The van der Waals surface area contributed by atoms with Gasteiger partial charge in [0.05, 0.1) is 35.3 Å². The average Bonchev–Trinajstić information content (AvgIpc) is 4.48. The lowest BCUT2D eigenvalue weighted by Crippen LogP contribution is -2.60. The number of benzene rings is 9. The molecule has 4 aromatic heterocycles. The molecule has 2 aliphatic heterocycles. The first-order valence-corrected chi connectivity index (χ1v) is 26.7. The molecule has 0 bridgehead atoms. The second-order valence-electron chi connectivity index (χ2n) is 22.9. The van der Waals surface area contributed by atoms with Gasteiger partial charge in [0, 0.05) is 55.2 Å². The second kappa shape index (κ2) is 16.7. The van der Waals surface area contributed by atoms with E-state index in [2.05, 4.69) is 227 Å². The van der Waals surface area contributed by atoms with Crippen molar-refractivity contribution in [2.24, 2.45) is 0 Å². The van der Waals surface area contributed by atoms with Crippen molar-refractivity contribution in [3.63, 3.8) is 0 Å². The van der Waals surface area contributed by atoms with Gasteiger partial charge in [0.1, 0.15) is 33.7 Å². The molecule has 13 aromatic rings. The third kappa shape index (κ3) is 6.96. The minimum Gasteiger partial charge on any atom is -0.468 e. The van der Waals surface area contributed by atoms with Crippen LogP contribution in [0.3, 0.4) is 0 Å². The van der Waals surface area contributed by atoms with Crippen LogP contribution in [0.15, 0.2) is 230 Å². The molecule has 0 spiro atoms. The van der Waals surface area contributed by atoms with Gasteiger partial charge in [0.2, 0.25) is 0 Å². The second-order valence-corrected chi connectivity index (χ2v) is 22.9. The molecule has 0 N–H and O–H groups in total. The van der Waals surface area contributed by atoms with Crippen LogP contribution in [0.5, 0.6) is 0 Å². The van der Waals surface area contributed by atoms with Crippen molar-refractivity contribution in [3.8, 4) is 44.5 Å². The highest BCUT2D eigenvalue weighted by Crippen LogP contribution is 2.53. The Morgan fingerprint density at radius 2 is 0.766 bits per heavy atom. The predicted molar refractivity (Wildman–Crippen MR) is 319 cm³/mol. The molecule has 77 heavy (non-hydrogen) atoms. The molecule has 2 aliphatic rings. The molecule has 6 nitrogen and oxygen atoms in total. The summed E-state index contributed by atoms with van der Waals surface area (Å²) in [5.74, 6) is 0. The van der Waals surface area contributed by atoms with Crippen molar-refractivity contribution in [1.29, 1.82) is 0 Å². The van der Waals surface area contributed by atoms with E-state index in [1.807, 2.05) is 36.8 Å². The molecule has 0 aliphatic carbocycles. The molecule has 7 heteroatoms. The minimum atomic E-state index is -0.400. The molecule has 15 rings (SSSR count). The number of hydrogen-bond donors (Lipinski definition) is 0. The maximum Gasteiger partial charge on any atom is 0.342 e. The van der Waals surface area contributed by atoms with Crippen molar-refractivity contribution < 1.29 is 17.7 Å². The summed E-state index contributed by atoms with van der Waals surface area (Å²) in [7, 11) is 0. The summed E-state index contributed by atoms with van der Waals surface area (Å²) in [5.41, 5.74) is 23.2. The lowest BCUT2D eigenvalue weighted by atomic mass is 9.37. The number of nitrogens with zero attached hydrogens (tertiary/aromatic N) is 2. The van der Waals surface area contributed by atoms with E-state index in [4.69, 9.17) is 17.7 Å². The van der Waals surface area contributed by atoms with Gasteiger partial charge < -0.3 is 27.5 Å². The molecular formula is C70H53BN2O4. The fourth-order valence-corrected chi connectivity index (χ4v) is 12.2. The molecule has 9 aromatic carbocycles. The van der Waals surface area contributed by atoms with Crippen LogP contribution < -0.4 is 26.6 Å². The topological polar surface area (TPSA) is 59.0 Å². The highest BCUT2D eigenvalue weighted by atomic mass is 16.4. The highest BCUT2D eigenvalue weighted by Gasteiger charge is 2.50. The Labute approximate surface area is 447 Å². The van der Waals surface area contributed by atoms with Crippen LogP contribution in [-0.2, 0) is 10.8 Å². The van der Waals surface area contributed by atoms with E-state index in [-0.39, 0.29) is 10.8 Å². The van der Waals surface area contributed by atoms with Crippen molar-refractivity contribution in [2.45, 2.75) is 52.4 Å². The Morgan fingerprint density at radius 3 is 1.21 bits per heavy atom. The van der Waals surface area contributed by atoms with Gasteiger partial charge in [-0.25, -0.2) is 0 Å².